The zero-order valence-electron chi connectivity index (χ0n) is 13.3. The first-order chi connectivity index (χ1) is 12.0. The molecule has 3 rings (SSSR count). The predicted molar refractivity (Wildman–Crippen MR) is 97.0 cm³/mol. The maximum absolute atomic E-state index is 10.8. The van der Waals surface area contributed by atoms with E-state index in [1.807, 2.05) is 36.4 Å². The second kappa shape index (κ2) is 7.37. The van der Waals surface area contributed by atoms with E-state index in [0.29, 0.717) is 17.0 Å². The Kier molecular flexibility index (Phi) is 5.01. The number of hydrogen-bond donors (Lipinski definition) is 0. The molecule has 124 valence electrons. The Hall–Kier alpha value is -2.84. The summed E-state index contributed by atoms with van der Waals surface area (Å²) in [6.45, 7) is 1.42. The molecule has 0 saturated heterocycles. The number of hydrogen-bond acceptors (Lipinski definition) is 4. The van der Waals surface area contributed by atoms with E-state index in [-0.39, 0.29) is 0 Å². The largest absolute Gasteiger partial charge is 0.546 e. The fourth-order valence-electron chi connectivity index (χ4n) is 2.20. The molecular weight excluding hydrogens is 382 g/mol. The summed E-state index contributed by atoms with van der Waals surface area (Å²) in [5, 5.41) is 11.8. The highest BCUT2D eigenvalue weighted by atomic mass is 79.9. The maximum atomic E-state index is 10.8. The van der Waals surface area contributed by atoms with Gasteiger partial charge in [-0.2, -0.15) is 0 Å². The second-order valence-electron chi connectivity index (χ2n) is 5.39. The molecular formula is C20H13BrNO3-. The van der Waals surface area contributed by atoms with E-state index in [1.165, 1.54) is 6.92 Å². The summed E-state index contributed by atoms with van der Waals surface area (Å²) in [4.78, 5) is 15.3. The molecule has 0 N–H and O–H groups in total. The number of pyridine rings is 1. The summed E-state index contributed by atoms with van der Waals surface area (Å²) in [5.41, 5.74) is 2.22. The standard InChI is InChI=1S/C20H14BrNO3/c1-13(20(23)24)25-18-4-2-3-14(11-18)5-9-17-10-7-15-6-8-16(21)12-19(15)22-17/h2-4,6-8,10-13H,1H3,(H,23,24)/p-1. The van der Waals surface area contributed by atoms with Crippen molar-refractivity contribution in [2.24, 2.45) is 0 Å². The van der Waals surface area contributed by atoms with E-state index < -0.39 is 12.1 Å². The minimum atomic E-state index is -1.26. The molecule has 5 heteroatoms. The molecule has 25 heavy (non-hydrogen) atoms. The molecule has 0 amide bonds. The van der Waals surface area contributed by atoms with Gasteiger partial charge in [0.15, 0.2) is 0 Å². The van der Waals surface area contributed by atoms with Crippen LogP contribution >= 0.6 is 15.9 Å². The molecule has 0 bridgehead atoms. The van der Waals surface area contributed by atoms with Crippen LogP contribution in [-0.2, 0) is 4.79 Å². The van der Waals surface area contributed by atoms with Gasteiger partial charge in [0.05, 0.1) is 11.5 Å². The van der Waals surface area contributed by atoms with Crippen molar-refractivity contribution < 1.29 is 14.6 Å². The molecule has 0 saturated carbocycles. The number of fused-ring (bicyclic) bond motifs is 1. The van der Waals surface area contributed by atoms with Crippen LogP contribution in [0.4, 0.5) is 0 Å². The molecule has 0 radical (unpaired) electrons. The number of carboxylic acids is 1. The van der Waals surface area contributed by atoms with Crippen molar-refractivity contribution in [1.29, 1.82) is 0 Å². The molecule has 0 aliphatic rings. The Morgan fingerprint density at radius 3 is 2.76 bits per heavy atom. The summed E-state index contributed by atoms with van der Waals surface area (Å²) in [6, 6.07) is 16.7. The molecule has 1 heterocycles. The molecule has 0 fully saturated rings. The number of rotatable bonds is 3. The van der Waals surface area contributed by atoms with Crippen molar-refractivity contribution in [1.82, 2.24) is 4.98 Å². The summed E-state index contributed by atoms with van der Waals surface area (Å²) in [5.74, 6) is 5.20. The van der Waals surface area contributed by atoms with Crippen LogP contribution in [-0.4, -0.2) is 17.1 Å². The summed E-state index contributed by atoms with van der Waals surface area (Å²) in [6.07, 6.45) is -1.02. The number of aromatic nitrogens is 1. The summed E-state index contributed by atoms with van der Waals surface area (Å²) < 4.78 is 6.25. The molecule has 1 atom stereocenters. The Balaban J connectivity index is 1.84. The molecule has 0 aliphatic carbocycles. The molecule has 3 aromatic rings. The normalized spacial score (nSPS) is 11.4. The van der Waals surface area contributed by atoms with Gasteiger partial charge in [0.2, 0.25) is 0 Å². The number of aliphatic carboxylic acids is 1. The quantitative estimate of drug-likeness (QED) is 0.640. The van der Waals surface area contributed by atoms with Gasteiger partial charge in [0.25, 0.3) is 0 Å². The van der Waals surface area contributed by atoms with Gasteiger partial charge in [-0.1, -0.05) is 40.0 Å². The van der Waals surface area contributed by atoms with Crippen LogP contribution < -0.4 is 9.84 Å². The smallest absolute Gasteiger partial charge is 0.135 e. The molecule has 4 nitrogen and oxygen atoms in total. The Bertz CT molecular complexity index is 1000. The van der Waals surface area contributed by atoms with Crippen molar-refractivity contribution in [3.63, 3.8) is 0 Å². The maximum Gasteiger partial charge on any atom is 0.135 e. The third-order valence-electron chi connectivity index (χ3n) is 3.47. The molecule has 2 aromatic carbocycles. The van der Waals surface area contributed by atoms with Crippen molar-refractivity contribution in [2.75, 3.05) is 0 Å². The number of nitrogens with zero attached hydrogens (tertiary/aromatic N) is 1. The van der Waals surface area contributed by atoms with E-state index in [0.717, 1.165) is 15.4 Å². The van der Waals surface area contributed by atoms with E-state index in [1.54, 1.807) is 18.2 Å². The van der Waals surface area contributed by atoms with Crippen LogP contribution in [0.25, 0.3) is 10.9 Å². The van der Waals surface area contributed by atoms with Crippen LogP contribution in [0.2, 0.25) is 0 Å². The first kappa shape index (κ1) is 17.0. The molecule has 1 unspecified atom stereocenters. The topological polar surface area (TPSA) is 62.2 Å². The summed E-state index contributed by atoms with van der Waals surface area (Å²) >= 11 is 3.43. The highest BCUT2D eigenvalue weighted by Crippen LogP contribution is 2.18. The minimum Gasteiger partial charge on any atom is -0.546 e. The van der Waals surface area contributed by atoms with Gasteiger partial charge < -0.3 is 14.6 Å². The van der Waals surface area contributed by atoms with Crippen molar-refractivity contribution in [3.05, 3.63) is 70.3 Å². The third-order valence-corrected chi connectivity index (χ3v) is 3.96. The van der Waals surface area contributed by atoms with E-state index >= 15 is 0 Å². The number of halogens is 1. The zero-order valence-corrected chi connectivity index (χ0v) is 14.9. The lowest BCUT2D eigenvalue weighted by Crippen LogP contribution is -2.37. The average Bonchev–Trinajstić information content (AvgIpc) is 2.59. The lowest BCUT2D eigenvalue weighted by atomic mass is 10.2. The van der Waals surface area contributed by atoms with Crippen molar-refractivity contribution in [3.8, 4) is 17.6 Å². The number of carbonyl (C=O) groups is 1. The lowest BCUT2D eigenvalue weighted by Gasteiger charge is -2.15. The minimum absolute atomic E-state index is 0.430. The monoisotopic (exact) mass is 394 g/mol. The van der Waals surface area contributed by atoms with Crippen molar-refractivity contribution in [2.45, 2.75) is 13.0 Å². The van der Waals surface area contributed by atoms with Crippen LogP contribution in [0, 0.1) is 11.8 Å². The Morgan fingerprint density at radius 2 is 1.96 bits per heavy atom. The van der Waals surface area contributed by atoms with Gasteiger partial charge in [-0.05, 0) is 49.2 Å². The van der Waals surface area contributed by atoms with Crippen LogP contribution in [0.3, 0.4) is 0 Å². The Labute approximate surface area is 153 Å². The fourth-order valence-corrected chi connectivity index (χ4v) is 2.54. The van der Waals surface area contributed by atoms with Gasteiger partial charge in [-0.25, -0.2) is 4.98 Å². The highest BCUT2D eigenvalue weighted by Gasteiger charge is 2.04. The van der Waals surface area contributed by atoms with E-state index in [9.17, 15) is 9.90 Å². The highest BCUT2D eigenvalue weighted by molar-refractivity contribution is 9.10. The first-order valence-corrected chi connectivity index (χ1v) is 8.36. The van der Waals surface area contributed by atoms with Crippen molar-refractivity contribution >= 4 is 32.8 Å². The first-order valence-electron chi connectivity index (χ1n) is 7.57. The number of ether oxygens (including phenoxy) is 1. The molecule has 0 aliphatic heterocycles. The van der Waals surface area contributed by atoms with Gasteiger partial charge in [-0.3, -0.25) is 0 Å². The zero-order chi connectivity index (χ0) is 17.8. The molecule has 1 aromatic heterocycles. The van der Waals surface area contributed by atoms with E-state index in [4.69, 9.17) is 4.74 Å². The SMILES string of the molecule is CC(Oc1cccc(C#Cc2ccc3ccc(Br)cc3n2)c1)C(=O)[O-]. The number of carbonyl (C=O) groups excluding carboxylic acids is 1. The van der Waals surface area contributed by atoms with Crippen LogP contribution in [0.5, 0.6) is 5.75 Å². The Morgan fingerprint density at radius 1 is 1.16 bits per heavy atom. The summed E-state index contributed by atoms with van der Waals surface area (Å²) in [7, 11) is 0. The average molecular weight is 395 g/mol. The fraction of sp³-hybridized carbons (Fsp3) is 0.100. The third kappa shape index (κ3) is 4.37. The van der Waals surface area contributed by atoms with Gasteiger partial charge in [0.1, 0.15) is 17.5 Å². The lowest BCUT2D eigenvalue weighted by molar-refractivity contribution is -0.312. The second-order valence-corrected chi connectivity index (χ2v) is 6.31. The van der Waals surface area contributed by atoms with E-state index in [2.05, 4.69) is 32.8 Å². The van der Waals surface area contributed by atoms with Crippen LogP contribution in [0.15, 0.2) is 59.1 Å². The number of carboxylic acid groups (broad SMARTS) is 1. The van der Waals surface area contributed by atoms with Crippen LogP contribution in [0.1, 0.15) is 18.2 Å². The van der Waals surface area contributed by atoms with Gasteiger partial charge >= 0.3 is 0 Å². The van der Waals surface area contributed by atoms with Gasteiger partial charge in [-0.15, -0.1) is 0 Å². The van der Waals surface area contributed by atoms with Gasteiger partial charge in [0, 0.05) is 15.4 Å². The number of benzene rings is 2. The molecule has 0 spiro atoms. The predicted octanol–water partition coefficient (Wildman–Crippen LogP) is 2.91.